The van der Waals surface area contributed by atoms with Crippen molar-refractivity contribution < 1.29 is 4.79 Å². The van der Waals surface area contributed by atoms with E-state index in [1.54, 1.807) is 14.1 Å². The molecular formula is C14H16N2O. The molecule has 3 heteroatoms. The highest BCUT2D eigenvalue weighted by Gasteiger charge is 2.19. The number of hydrogen-bond donors (Lipinski definition) is 1. The highest BCUT2D eigenvalue weighted by Crippen LogP contribution is 2.23. The molecule has 2 N–H and O–H groups in total. The molecule has 0 spiro atoms. The molecule has 0 radical (unpaired) electrons. The molecule has 1 unspecified atom stereocenters. The van der Waals surface area contributed by atoms with Gasteiger partial charge in [-0.15, -0.1) is 0 Å². The molecular weight excluding hydrogens is 212 g/mol. The summed E-state index contributed by atoms with van der Waals surface area (Å²) >= 11 is 0. The third kappa shape index (κ3) is 2.15. The van der Waals surface area contributed by atoms with Crippen LogP contribution in [0.4, 0.5) is 0 Å². The molecule has 1 amide bonds. The Kier molecular flexibility index (Phi) is 3.11. The van der Waals surface area contributed by atoms with Crippen molar-refractivity contribution in [3.63, 3.8) is 0 Å². The highest BCUT2D eigenvalue weighted by atomic mass is 16.2. The lowest BCUT2D eigenvalue weighted by molar-refractivity contribution is -0.130. The predicted octanol–water partition coefficient (Wildman–Crippen LogP) is 1.93. The third-order valence-corrected chi connectivity index (χ3v) is 2.87. The summed E-state index contributed by atoms with van der Waals surface area (Å²) in [5.74, 6) is -0.0821. The number of carbonyl (C=O) groups is 1. The number of carbonyl (C=O) groups excluding carboxylic acids is 1. The summed E-state index contributed by atoms with van der Waals surface area (Å²) in [5, 5.41) is 2.14. The van der Waals surface area contributed by atoms with Gasteiger partial charge in [0.1, 0.15) is 6.04 Å². The van der Waals surface area contributed by atoms with Crippen molar-refractivity contribution in [1.82, 2.24) is 4.90 Å². The van der Waals surface area contributed by atoms with Crippen LogP contribution in [-0.4, -0.2) is 24.9 Å². The number of nitrogens with two attached hydrogens (primary N) is 1. The van der Waals surface area contributed by atoms with Crippen LogP contribution in [0.3, 0.4) is 0 Å². The van der Waals surface area contributed by atoms with Crippen molar-refractivity contribution in [2.75, 3.05) is 14.1 Å². The zero-order valence-corrected chi connectivity index (χ0v) is 10.1. The monoisotopic (exact) mass is 228 g/mol. The minimum Gasteiger partial charge on any atom is -0.347 e. The smallest absolute Gasteiger partial charge is 0.243 e. The zero-order chi connectivity index (χ0) is 12.4. The second-order valence-electron chi connectivity index (χ2n) is 4.28. The first kappa shape index (κ1) is 11.6. The van der Waals surface area contributed by atoms with Crippen LogP contribution in [0.2, 0.25) is 0 Å². The molecule has 3 nitrogen and oxygen atoms in total. The fourth-order valence-electron chi connectivity index (χ4n) is 1.93. The van der Waals surface area contributed by atoms with Gasteiger partial charge in [-0.2, -0.15) is 0 Å². The van der Waals surface area contributed by atoms with Crippen molar-refractivity contribution >= 4 is 16.7 Å². The number of rotatable bonds is 2. The largest absolute Gasteiger partial charge is 0.347 e. The van der Waals surface area contributed by atoms with Gasteiger partial charge in [-0.1, -0.05) is 42.5 Å². The molecule has 0 fully saturated rings. The molecule has 0 saturated carbocycles. The standard InChI is InChI=1S/C14H16N2O/c1-16(2)14(17)13(15)12-9-5-7-10-6-3-4-8-11(10)12/h3-9,13H,15H2,1-2H3. The molecule has 0 aromatic heterocycles. The zero-order valence-electron chi connectivity index (χ0n) is 10.1. The van der Waals surface area contributed by atoms with E-state index in [1.807, 2.05) is 42.5 Å². The Hall–Kier alpha value is -1.87. The van der Waals surface area contributed by atoms with E-state index in [0.29, 0.717) is 0 Å². The van der Waals surface area contributed by atoms with Gasteiger partial charge in [-0.3, -0.25) is 4.79 Å². The molecule has 2 aromatic carbocycles. The van der Waals surface area contributed by atoms with Crippen LogP contribution in [0, 0.1) is 0 Å². The molecule has 0 heterocycles. The second-order valence-corrected chi connectivity index (χ2v) is 4.28. The fourth-order valence-corrected chi connectivity index (χ4v) is 1.93. The Balaban J connectivity index is 2.52. The molecule has 2 aromatic rings. The summed E-state index contributed by atoms with van der Waals surface area (Å²) in [6, 6.07) is 13.2. The van der Waals surface area contributed by atoms with Gasteiger partial charge in [0.15, 0.2) is 0 Å². The summed E-state index contributed by atoms with van der Waals surface area (Å²) in [5.41, 5.74) is 6.89. The van der Waals surface area contributed by atoms with Crippen LogP contribution < -0.4 is 5.73 Å². The quantitative estimate of drug-likeness (QED) is 0.853. The molecule has 0 bridgehead atoms. The average Bonchev–Trinajstić information content (AvgIpc) is 2.36. The molecule has 2 rings (SSSR count). The maximum Gasteiger partial charge on any atom is 0.243 e. The third-order valence-electron chi connectivity index (χ3n) is 2.87. The van der Waals surface area contributed by atoms with E-state index in [-0.39, 0.29) is 5.91 Å². The number of fused-ring (bicyclic) bond motifs is 1. The van der Waals surface area contributed by atoms with Gasteiger partial charge in [0.25, 0.3) is 0 Å². The first-order valence-corrected chi connectivity index (χ1v) is 5.55. The number of nitrogens with zero attached hydrogens (tertiary/aromatic N) is 1. The van der Waals surface area contributed by atoms with Crippen molar-refractivity contribution in [2.45, 2.75) is 6.04 Å². The number of likely N-dealkylation sites (N-methyl/N-ethyl adjacent to an activating group) is 1. The van der Waals surface area contributed by atoms with E-state index in [0.717, 1.165) is 16.3 Å². The maximum atomic E-state index is 11.9. The van der Waals surface area contributed by atoms with Gasteiger partial charge in [0.05, 0.1) is 0 Å². The normalized spacial score (nSPS) is 12.4. The molecule has 0 aliphatic carbocycles. The van der Waals surface area contributed by atoms with Gasteiger partial charge in [-0.25, -0.2) is 0 Å². The van der Waals surface area contributed by atoms with Crippen LogP contribution in [0.1, 0.15) is 11.6 Å². The fraction of sp³-hybridized carbons (Fsp3) is 0.214. The average molecular weight is 228 g/mol. The van der Waals surface area contributed by atoms with Gasteiger partial charge in [0, 0.05) is 14.1 Å². The topological polar surface area (TPSA) is 46.3 Å². The first-order chi connectivity index (χ1) is 8.11. The summed E-state index contributed by atoms with van der Waals surface area (Å²) in [7, 11) is 3.43. The Morgan fingerprint density at radius 2 is 1.76 bits per heavy atom. The Morgan fingerprint density at radius 1 is 1.12 bits per heavy atom. The molecule has 1 atom stereocenters. The van der Waals surface area contributed by atoms with Crippen LogP contribution in [0.15, 0.2) is 42.5 Å². The summed E-state index contributed by atoms with van der Waals surface area (Å²) in [6.07, 6.45) is 0. The first-order valence-electron chi connectivity index (χ1n) is 5.55. The minimum absolute atomic E-state index is 0.0821. The van der Waals surface area contributed by atoms with Crippen molar-refractivity contribution in [3.05, 3.63) is 48.0 Å². The lowest BCUT2D eigenvalue weighted by atomic mass is 9.98. The van der Waals surface area contributed by atoms with E-state index < -0.39 is 6.04 Å². The summed E-state index contributed by atoms with van der Waals surface area (Å²) in [6.45, 7) is 0. The molecule has 0 aliphatic rings. The van der Waals surface area contributed by atoms with E-state index in [2.05, 4.69) is 0 Å². The van der Waals surface area contributed by atoms with Gasteiger partial charge >= 0.3 is 0 Å². The van der Waals surface area contributed by atoms with Crippen LogP contribution >= 0.6 is 0 Å². The van der Waals surface area contributed by atoms with Crippen LogP contribution in [-0.2, 0) is 4.79 Å². The maximum absolute atomic E-state index is 11.9. The molecule has 17 heavy (non-hydrogen) atoms. The molecule has 0 saturated heterocycles. The Labute approximate surface area is 101 Å². The van der Waals surface area contributed by atoms with Gasteiger partial charge < -0.3 is 10.6 Å². The van der Waals surface area contributed by atoms with E-state index >= 15 is 0 Å². The molecule has 0 aliphatic heterocycles. The number of hydrogen-bond acceptors (Lipinski definition) is 2. The second kappa shape index (κ2) is 4.55. The number of benzene rings is 2. The van der Waals surface area contributed by atoms with Gasteiger partial charge in [0.2, 0.25) is 5.91 Å². The van der Waals surface area contributed by atoms with Crippen LogP contribution in [0.5, 0.6) is 0 Å². The van der Waals surface area contributed by atoms with Crippen LogP contribution in [0.25, 0.3) is 10.8 Å². The van der Waals surface area contributed by atoms with E-state index in [4.69, 9.17) is 5.73 Å². The Morgan fingerprint density at radius 3 is 2.47 bits per heavy atom. The predicted molar refractivity (Wildman–Crippen MR) is 69.6 cm³/mol. The minimum atomic E-state index is -0.601. The lowest BCUT2D eigenvalue weighted by Crippen LogP contribution is -2.33. The van der Waals surface area contributed by atoms with Crippen molar-refractivity contribution in [3.8, 4) is 0 Å². The highest BCUT2D eigenvalue weighted by molar-refractivity contribution is 5.92. The molecule has 88 valence electrons. The summed E-state index contributed by atoms with van der Waals surface area (Å²) < 4.78 is 0. The SMILES string of the molecule is CN(C)C(=O)C(N)c1cccc2ccccc12. The summed E-state index contributed by atoms with van der Waals surface area (Å²) in [4.78, 5) is 13.4. The van der Waals surface area contributed by atoms with E-state index in [1.165, 1.54) is 4.90 Å². The Bertz CT molecular complexity index is 543. The van der Waals surface area contributed by atoms with Crippen molar-refractivity contribution in [2.24, 2.45) is 5.73 Å². The number of amides is 1. The van der Waals surface area contributed by atoms with E-state index in [9.17, 15) is 4.79 Å². The van der Waals surface area contributed by atoms with Crippen molar-refractivity contribution in [1.29, 1.82) is 0 Å². The van der Waals surface area contributed by atoms with Gasteiger partial charge in [-0.05, 0) is 16.3 Å². The lowest BCUT2D eigenvalue weighted by Gasteiger charge is -2.18.